The van der Waals surface area contributed by atoms with Crippen LogP contribution in [0.15, 0.2) is 27.4 Å². The summed E-state index contributed by atoms with van der Waals surface area (Å²) in [6.07, 6.45) is 0. The fourth-order valence-corrected chi connectivity index (χ4v) is 2.12. The number of fused-ring (bicyclic) bond motifs is 2. The number of hydrogen-bond donors (Lipinski definition) is 1. The highest BCUT2D eigenvalue weighted by molar-refractivity contribution is 5.84. The fraction of sp³-hybridized carbons (Fsp3) is 0.357. The lowest BCUT2D eigenvalue weighted by Gasteiger charge is -2.08. The van der Waals surface area contributed by atoms with Crippen molar-refractivity contribution in [3.05, 3.63) is 34.2 Å². The Kier molecular flexibility index (Phi) is 3.58. The Morgan fingerprint density at radius 3 is 2.85 bits per heavy atom. The van der Waals surface area contributed by atoms with E-state index in [4.69, 9.17) is 18.6 Å². The smallest absolute Gasteiger partial charge is 0.336 e. The summed E-state index contributed by atoms with van der Waals surface area (Å²) in [4.78, 5) is 11.6. The molecule has 20 heavy (non-hydrogen) atoms. The van der Waals surface area contributed by atoms with Crippen LogP contribution < -0.4 is 20.4 Å². The molecule has 0 atom stereocenters. The van der Waals surface area contributed by atoms with Crippen molar-refractivity contribution in [2.75, 3.05) is 20.1 Å². The van der Waals surface area contributed by atoms with Gasteiger partial charge in [-0.2, -0.15) is 0 Å². The first-order chi connectivity index (χ1) is 9.78. The predicted molar refractivity (Wildman–Crippen MR) is 71.9 cm³/mol. The molecule has 6 heteroatoms. The monoisotopic (exact) mass is 277 g/mol. The number of hydrogen-bond acceptors (Lipinski definition) is 6. The molecule has 0 bridgehead atoms. The minimum absolute atomic E-state index is 0.188. The quantitative estimate of drug-likeness (QED) is 0.508. The van der Waals surface area contributed by atoms with Crippen LogP contribution in [0.3, 0.4) is 0 Å². The topological polar surface area (TPSA) is 69.9 Å². The third-order valence-electron chi connectivity index (χ3n) is 3.05. The number of nitrogens with one attached hydrogen (secondary N) is 1. The number of rotatable bonds is 5. The van der Waals surface area contributed by atoms with Crippen LogP contribution in [0.1, 0.15) is 12.5 Å². The van der Waals surface area contributed by atoms with Crippen molar-refractivity contribution < 1.29 is 18.6 Å². The van der Waals surface area contributed by atoms with Gasteiger partial charge in [-0.1, -0.05) is 0 Å². The van der Waals surface area contributed by atoms with Gasteiger partial charge in [-0.05, 0) is 18.6 Å². The summed E-state index contributed by atoms with van der Waals surface area (Å²) < 4.78 is 21.0. The second kappa shape index (κ2) is 5.52. The Balaban J connectivity index is 1.95. The van der Waals surface area contributed by atoms with E-state index in [-0.39, 0.29) is 12.4 Å². The second-order valence-electron chi connectivity index (χ2n) is 4.36. The van der Waals surface area contributed by atoms with Crippen LogP contribution in [-0.2, 0) is 11.3 Å². The molecule has 1 aromatic heterocycles. The normalized spacial score (nSPS) is 13.1. The highest BCUT2D eigenvalue weighted by Gasteiger charge is 2.17. The van der Waals surface area contributed by atoms with Crippen LogP contribution in [0.25, 0.3) is 11.0 Å². The maximum atomic E-state index is 11.6. The van der Waals surface area contributed by atoms with E-state index in [1.54, 1.807) is 6.07 Å². The zero-order valence-electron chi connectivity index (χ0n) is 11.1. The van der Waals surface area contributed by atoms with E-state index < -0.39 is 0 Å². The standard InChI is InChI=1S/C14H15NO5/c1-2-17-7-15-6-9-3-14(16)20-11-5-13-12(4-10(9)11)18-8-19-13/h3-5,15H,2,6-8H2,1H3. The Morgan fingerprint density at radius 1 is 1.25 bits per heavy atom. The van der Waals surface area contributed by atoms with Crippen LogP contribution >= 0.6 is 0 Å². The lowest BCUT2D eigenvalue weighted by atomic mass is 10.1. The molecule has 0 radical (unpaired) electrons. The van der Waals surface area contributed by atoms with E-state index >= 15 is 0 Å². The fourth-order valence-electron chi connectivity index (χ4n) is 2.12. The maximum Gasteiger partial charge on any atom is 0.336 e. The summed E-state index contributed by atoms with van der Waals surface area (Å²) in [7, 11) is 0. The summed E-state index contributed by atoms with van der Waals surface area (Å²) >= 11 is 0. The summed E-state index contributed by atoms with van der Waals surface area (Å²) in [5, 5.41) is 3.95. The van der Waals surface area contributed by atoms with Crippen molar-refractivity contribution in [1.82, 2.24) is 5.32 Å². The van der Waals surface area contributed by atoms with Crippen molar-refractivity contribution in [3.8, 4) is 11.5 Å². The number of benzene rings is 1. The molecular formula is C14H15NO5. The zero-order chi connectivity index (χ0) is 13.9. The van der Waals surface area contributed by atoms with Gasteiger partial charge in [0.25, 0.3) is 0 Å². The lowest BCUT2D eigenvalue weighted by Crippen LogP contribution is -2.18. The molecule has 0 saturated heterocycles. The van der Waals surface area contributed by atoms with E-state index in [1.807, 2.05) is 13.0 Å². The largest absolute Gasteiger partial charge is 0.454 e. The van der Waals surface area contributed by atoms with Gasteiger partial charge in [0.2, 0.25) is 6.79 Å². The van der Waals surface area contributed by atoms with Gasteiger partial charge in [0.1, 0.15) is 5.58 Å². The molecule has 2 heterocycles. The average molecular weight is 277 g/mol. The van der Waals surface area contributed by atoms with Crippen LogP contribution in [0, 0.1) is 0 Å². The molecule has 3 rings (SSSR count). The molecule has 2 aromatic rings. The first kappa shape index (κ1) is 13.0. The van der Waals surface area contributed by atoms with Crippen molar-refractivity contribution in [2.45, 2.75) is 13.5 Å². The van der Waals surface area contributed by atoms with E-state index in [2.05, 4.69) is 5.32 Å². The Labute approximate surface area is 115 Å². The first-order valence-electron chi connectivity index (χ1n) is 6.43. The van der Waals surface area contributed by atoms with E-state index in [9.17, 15) is 4.79 Å². The minimum Gasteiger partial charge on any atom is -0.454 e. The van der Waals surface area contributed by atoms with Crippen LogP contribution in [0.5, 0.6) is 11.5 Å². The Morgan fingerprint density at radius 2 is 2.05 bits per heavy atom. The van der Waals surface area contributed by atoms with Crippen molar-refractivity contribution >= 4 is 11.0 Å². The molecule has 0 saturated carbocycles. The molecule has 1 aromatic carbocycles. The summed E-state index contributed by atoms with van der Waals surface area (Å²) in [5.74, 6) is 1.26. The van der Waals surface area contributed by atoms with E-state index in [0.29, 0.717) is 37.0 Å². The van der Waals surface area contributed by atoms with E-state index in [1.165, 1.54) is 6.07 Å². The molecule has 6 nitrogen and oxygen atoms in total. The van der Waals surface area contributed by atoms with Gasteiger partial charge < -0.3 is 18.6 Å². The van der Waals surface area contributed by atoms with Gasteiger partial charge >= 0.3 is 5.63 Å². The third-order valence-corrected chi connectivity index (χ3v) is 3.05. The maximum absolute atomic E-state index is 11.6. The van der Waals surface area contributed by atoms with Gasteiger partial charge in [-0.25, -0.2) is 4.79 Å². The molecule has 106 valence electrons. The summed E-state index contributed by atoms with van der Waals surface area (Å²) in [6, 6.07) is 4.99. The van der Waals surface area contributed by atoms with Gasteiger partial charge in [-0.15, -0.1) is 0 Å². The molecular weight excluding hydrogens is 262 g/mol. The van der Waals surface area contributed by atoms with Crippen LogP contribution in [-0.4, -0.2) is 20.1 Å². The third kappa shape index (κ3) is 2.48. The van der Waals surface area contributed by atoms with Gasteiger partial charge in [0.05, 0.1) is 6.73 Å². The highest BCUT2D eigenvalue weighted by atomic mass is 16.7. The molecule has 1 N–H and O–H groups in total. The van der Waals surface area contributed by atoms with Gasteiger partial charge in [0, 0.05) is 30.7 Å². The highest BCUT2D eigenvalue weighted by Crippen LogP contribution is 2.36. The number of ether oxygens (including phenoxy) is 3. The van der Waals surface area contributed by atoms with Crippen molar-refractivity contribution in [1.29, 1.82) is 0 Å². The summed E-state index contributed by atoms with van der Waals surface area (Å²) in [5.41, 5.74) is 0.953. The molecule has 1 aliphatic rings. The lowest BCUT2D eigenvalue weighted by molar-refractivity contribution is 0.128. The Hall–Kier alpha value is -2.05. The first-order valence-corrected chi connectivity index (χ1v) is 6.43. The molecule has 0 amide bonds. The minimum atomic E-state index is -0.385. The van der Waals surface area contributed by atoms with Crippen molar-refractivity contribution in [2.24, 2.45) is 0 Å². The predicted octanol–water partition coefficient (Wildman–Crippen LogP) is 1.61. The summed E-state index contributed by atoms with van der Waals surface area (Å²) in [6.45, 7) is 3.70. The molecule has 0 spiro atoms. The van der Waals surface area contributed by atoms with E-state index in [0.717, 1.165) is 10.9 Å². The molecule has 1 aliphatic heterocycles. The van der Waals surface area contributed by atoms with Crippen LogP contribution in [0.2, 0.25) is 0 Å². The SMILES string of the molecule is CCOCNCc1cc(=O)oc2cc3c(cc12)OCO3. The zero-order valence-corrected chi connectivity index (χ0v) is 11.1. The molecule has 0 aliphatic carbocycles. The van der Waals surface area contributed by atoms with Crippen molar-refractivity contribution in [3.63, 3.8) is 0 Å². The van der Waals surface area contributed by atoms with Gasteiger partial charge in [-0.3, -0.25) is 5.32 Å². The Bertz CT molecular complexity index is 679. The molecule has 0 unspecified atom stereocenters. The molecule has 0 fully saturated rings. The average Bonchev–Trinajstić information content (AvgIpc) is 2.88. The van der Waals surface area contributed by atoms with Gasteiger partial charge in [0.15, 0.2) is 11.5 Å². The van der Waals surface area contributed by atoms with Crippen LogP contribution in [0.4, 0.5) is 0 Å². The second-order valence-corrected chi connectivity index (χ2v) is 4.36.